The Labute approximate surface area is 171 Å². The zero-order valence-electron chi connectivity index (χ0n) is 15.3. The first-order chi connectivity index (χ1) is 12.9. The molecule has 1 aromatic heterocycles. The number of aromatic nitrogens is 1. The zero-order valence-corrected chi connectivity index (χ0v) is 17.5. The highest BCUT2D eigenvalue weighted by Gasteiger charge is 2.18. The van der Waals surface area contributed by atoms with Gasteiger partial charge in [-0.1, -0.05) is 30.3 Å². The molecule has 0 saturated carbocycles. The van der Waals surface area contributed by atoms with Crippen molar-refractivity contribution in [3.63, 3.8) is 0 Å². The Morgan fingerprint density at radius 1 is 0.852 bits per heavy atom. The van der Waals surface area contributed by atoms with Crippen molar-refractivity contribution in [2.24, 2.45) is 0 Å². The van der Waals surface area contributed by atoms with Crippen LogP contribution in [-0.2, 0) is 0 Å². The average Bonchev–Trinajstić information content (AvgIpc) is 2.96. The van der Waals surface area contributed by atoms with Gasteiger partial charge in [-0.2, -0.15) is 0 Å². The summed E-state index contributed by atoms with van der Waals surface area (Å²) in [5.41, 5.74) is 9.86. The number of hydrogen-bond donors (Lipinski definition) is 2. The summed E-state index contributed by atoms with van der Waals surface area (Å²) in [7, 11) is 0. The molecule has 0 spiro atoms. The summed E-state index contributed by atoms with van der Waals surface area (Å²) in [6.07, 6.45) is 0. The first kappa shape index (κ1) is 19.2. The molecule has 0 atom stereocenters. The van der Waals surface area contributed by atoms with Crippen molar-refractivity contribution in [3.8, 4) is 5.69 Å². The van der Waals surface area contributed by atoms with E-state index in [9.17, 15) is 9.59 Å². The lowest BCUT2D eigenvalue weighted by molar-refractivity contribution is 0.0846. The molecule has 0 aliphatic carbocycles. The van der Waals surface area contributed by atoms with E-state index in [4.69, 9.17) is 0 Å². The number of halogens is 1. The van der Waals surface area contributed by atoms with Crippen molar-refractivity contribution in [3.05, 3.63) is 86.2 Å². The van der Waals surface area contributed by atoms with E-state index in [2.05, 4.69) is 33.4 Å². The molecule has 138 valence electrons. The third-order valence-corrected chi connectivity index (χ3v) is 5.85. The SMILES string of the molecule is Cc1cccc(C(=O)NNC(=O)c2cc(C)n(-c3ccccc3)c2C)c1I. The van der Waals surface area contributed by atoms with Gasteiger partial charge in [0.15, 0.2) is 0 Å². The van der Waals surface area contributed by atoms with Crippen molar-refractivity contribution < 1.29 is 9.59 Å². The lowest BCUT2D eigenvalue weighted by Gasteiger charge is -2.11. The maximum absolute atomic E-state index is 12.6. The van der Waals surface area contributed by atoms with Crippen LogP contribution in [0.1, 0.15) is 37.7 Å². The molecule has 2 amide bonds. The van der Waals surface area contributed by atoms with Crippen LogP contribution in [0, 0.1) is 24.3 Å². The molecule has 0 aliphatic heterocycles. The summed E-state index contributed by atoms with van der Waals surface area (Å²) < 4.78 is 2.88. The van der Waals surface area contributed by atoms with Gasteiger partial charge in [-0.15, -0.1) is 0 Å². The number of amides is 2. The van der Waals surface area contributed by atoms with Gasteiger partial charge in [0.25, 0.3) is 11.8 Å². The molecule has 1 heterocycles. The van der Waals surface area contributed by atoms with Crippen molar-refractivity contribution in [1.82, 2.24) is 15.4 Å². The minimum absolute atomic E-state index is 0.340. The van der Waals surface area contributed by atoms with Gasteiger partial charge >= 0.3 is 0 Å². The monoisotopic (exact) mass is 473 g/mol. The number of carbonyl (C=O) groups excluding carboxylic acids is 2. The number of rotatable bonds is 3. The Morgan fingerprint density at radius 2 is 1.48 bits per heavy atom. The van der Waals surface area contributed by atoms with E-state index >= 15 is 0 Å². The first-order valence-corrected chi connectivity index (χ1v) is 9.58. The van der Waals surface area contributed by atoms with Crippen LogP contribution in [0.3, 0.4) is 0 Å². The van der Waals surface area contributed by atoms with Gasteiger partial charge in [0.2, 0.25) is 0 Å². The van der Waals surface area contributed by atoms with Crippen LogP contribution in [-0.4, -0.2) is 16.4 Å². The average molecular weight is 473 g/mol. The Morgan fingerprint density at radius 3 is 2.15 bits per heavy atom. The Balaban J connectivity index is 1.78. The molecule has 3 rings (SSSR count). The van der Waals surface area contributed by atoms with Gasteiger partial charge < -0.3 is 4.57 Å². The minimum Gasteiger partial charge on any atom is -0.318 e. The summed E-state index contributed by atoms with van der Waals surface area (Å²) in [5, 5.41) is 0. The molecule has 0 unspecified atom stereocenters. The molecular formula is C21H20IN3O2. The number of para-hydroxylation sites is 1. The molecule has 3 aromatic rings. The molecule has 6 heteroatoms. The summed E-state index contributed by atoms with van der Waals surface area (Å²) in [5.74, 6) is -0.686. The summed E-state index contributed by atoms with van der Waals surface area (Å²) in [4.78, 5) is 25.0. The molecular weight excluding hydrogens is 453 g/mol. The minimum atomic E-state index is -0.346. The molecule has 0 radical (unpaired) electrons. The van der Waals surface area contributed by atoms with Crippen LogP contribution in [0.5, 0.6) is 0 Å². The molecule has 0 bridgehead atoms. The van der Waals surface area contributed by atoms with Crippen LogP contribution in [0.2, 0.25) is 0 Å². The van der Waals surface area contributed by atoms with Crippen molar-refractivity contribution in [1.29, 1.82) is 0 Å². The second kappa shape index (κ2) is 7.96. The van der Waals surface area contributed by atoms with Crippen LogP contribution in [0.25, 0.3) is 5.69 Å². The van der Waals surface area contributed by atoms with Crippen molar-refractivity contribution in [2.45, 2.75) is 20.8 Å². The van der Waals surface area contributed by atoms with Gasteiger partial charge in [0.1, 0.15) is 0 Å². The lowest BCUT2D eigenvalue weighted by atomic mass is 10.1. The third-order valence-electron chi connectivity index (χ3n) is 4.42. The highest BCUT2D eigenvalue weighted by molar-refractivity contribution is 14.1. The van der Waals surface area contributed by atoms with Gasteiger partial charge in [-0.05, 0) is 73.2 Å². The number of nitrogens with one attached hydrogen (secondary N) is 2. The van der Waals surface area contributed by atoms with Gasteiger partial charge in [0.05, 0.1) is 11.1 Å². The highest BCUT2D eigenvalue weighted by atomic mass is 127. The smallest absolute Gasteiger partial charge is 0.271 e. The topological polar surface area (TPSA) is 63.1 Å². The van der Waals surface area contributed by atoms with Gasteiger partial charge in [-0.3, -0.25) is 20.4 Å². The molecule has 27 heavy (non-hydrogen) atoms. The van der Waals surface area contributed by atoms with Crippen molar-refractivity contribution >= 4 is 34.4 Å². The van der Waals surface area contributed by atoms with Gasteiger partial charge in [-0.25, -0.2) is 0 Å². The van der Waals surface area contributed by atoms with E-state index in [1.165, 1.54) is 0 Å². The number of nitrogens with zero attached hydrogens (tertiary/aromatic N) is 1. The lowest BCUT2D eigenvalue weighted by Crippen LogP contribution is -2.42. The number of hydrogen-bond acceptors (Lipinski definition) is 2. The summed E-state index contributed by atoms with van der Waals surface area (Å²) in [6.45, 7) is 5.78. The standard InChI is InChI=1S/C21H20IN3O2/c1-13-8-7-11-17(19(13)22)20(26)23-24-21(27)18-12-14(2)25(15(18)3)16-9-5-4-6-10-16/h4-12H,1-3H3,(H,23,26)(H,24,27). The number of benzene rings is 2. The second-order valence-corrected chi connectivity index (χ2v) is 7.38. The summed E-state index contributed by atoms with van der Waals surface area (Å²) >= 11 is 2.13. The summed E-state index contributed by atoms with van der Waals surface area (Å²) in [6, 6.07) is 17.2. The van der Waals surface area contributed by atoms with E-state index in [1.54, 1.807) is 6.07 Å². The van der Waals surface area contributed by atoms with E-state index in [1.807, 2.05) is 73.9 Å². The Hall–Kier alpha value is -2.61. The zero-order chi connectivity index (χ0) is 19.6. The third kappa shape index (κ3) is 3.90. The maximum atomic E-state index is 12.6. The first-order valence-electron chi connectivity index (χ1n) is 8.50. The molecule has 0 aliphatic rings. The van der Waals surface area contributed by atoms with Crippen LogP contribution < -0.4 is 10.9 Å². The fourth-order valence-corrected chi connectivity index (χ4v) is 3.64. The number of hydrazine groups is 1. The fourth-order valence-electron chi connectivity index (χ4n) is 3.04. The van der Waals surface area contributed by atoms with E-state index in [-0.39, 0.29) is 11.8 Å². The molecule has 0 fully saturated rings. The van der Waals surface area contributed by atoms with Crippen LogP contribution >= 0.6 is 22.6 Å². The molecule has 2 N–H and O–H groups in total. The predicted molar refractivity (Wildman–Crippen MR) is 114 cm³/mol. The van der Waals surface area contributed by atoms with Gasteiger partial charge in [0, 0.05) is 20.6 Å². The highest BCUT2D eigenvalue weighted by Crippen LogP contribution is 2.20. The van der Waals surface area contributed by atoms with E-state index < -0.39 is 0 Å². The second-order valence-electron chi connectivity index (χ2n) is 6.30. The fraction of sp³-hybridized carbons (Fsp3) is 0.143. The quantitative estimate of drug-likeness (QED) is 0.445. The van der Waals surface area contributed by atoms with Crippen molar-refractivity contribution in [2.75, 3.05) is 0 Å². The van der Waals surface area contributed by atoms with E-state index in [0.717, 1.165) is 26.2 Å². The number of carbonyl (C=O) groups is 2. The molecule has 5 nitrogen and oxygen atoms in total. The maximum Gasteiger partial charge on any atom is 0.271 e. The molecule has 2 aromatic carbocycles. The Bertz CT molecular complexity index is 1010. The van der Waals surface area contributed by atoms with Crippen LogP contribution in [0.4, 0.5) is 0 Å². The Kier molecular flexibility index (Phi) is 5.65. The predicted octanol–water partition coefficient (Wildman–Crippen LogP) is 4.08. The van der Waals surface area contributed by atoms with E-state index in [0.29, 0.717) is 11.1 Å². The number of aryl methyl sites for hydroxylation is 2. The van der Waals surface area contributed by atoms with Crippen LogP contribution in [0.15, 0.2) is 54.6 Å². The molecule has 0 saturated heterocycles. The normalized spacial score (nSPS) is 10.5. The largest absolute Gasteiger partial charge is 0.318 e.